The van der Waals surface area contributed by atoms with Crippen molar-refractivity contribution in [3.8, 4) is 0 Å². The predicted octanol–water partition coefficient (Wildman–Crippen LogP) is 3.02. The van der Waals surface area contributed by atoms with E-state index in [0.717, 1.165) is 0 Å². The number of hydrogen-bond acceptors (Lipinski definition) is 5. The fraction of sp³-hybridized carbons (Fsp3) is 0.333. The molecule has 0 spiro atoms. The van der Waals surface area contributed by atoms with Crippen LogP contribution in [0, 0.1) is 17.0 Å². The number of rotatable bonds is 4. The normalized spacial score (nSPS) is 19.1. The molecule has 2 aromatic rings. The second-order valence-corrected chi connectivity index (χ2v) is 7.31. The second kappa shape index (κ2) is 5.78. The predicted molar refractivity (Wildman–Crippen MR) is 82.4 cm³/mol. The SMILES string of the molecule is Cc1ccc([C@H]2CCCN2S(=O)(=O)c2ccccc2[N+](=O)[O-])o1. The number of benzene rings is 1. The Labute approximate surface area is 133 Å². The Kier molecular flexibility index (Phi) is 3.95. The van der Waals surface area contributed by atoms with Gasteiger partial charge >= 0.3 is 0 Å². The summed E-state index contributed by atoms with van der Waals surface area (Å²) in [4.78, 5) is 10.2. The highest BCUT2D eigenvalue weighted by molar-refractivity contribution is 7.89. The van der Waals surface area contributed by atoms with E-state index in [-0.39, 0.29) is 4.90 Å². The van der Waals surface area contributed by atoms with Gasteiger partial charge in [-0.25, -0.2) is 8.42 Å². The van der Waals surface area contributed by atoms with Crippen LogP contribution in [0.25, 0.3) is 0 Å². The Bertz CT molecular complexity index is 843. The van der Waals surface area contributed by atoms with E-state index in [2.05, 4.69) is 0 Å². The van der Waals surface area contributed by atoms with Gasteiger partial charge in [-0.2, -0.15) is 4.31 Å². The first-order valence-electron chi connectivity index (χ1n) is 7.23. The van der Waals surface area contributed by atoms with E-state index in [4.69, 9.17) is 4.42 Å². The molecule has 0 saturated carbocycles. The lowest BCUT2D eigenvalue weighted by atomic mass is 10.2. The van der Waals surface area contributed by atoms with Crippen LogP contribution in [0.5, 0.6) is 0 Å². The highest BCUT2D eigenvalue weighted by atomic mass is 32.2. The maximum Gasteiger partial charge on any atom is 0.289 e. The summed E-state index contributed by atoms with van der Waals surface area (Å²) >= 11 is 0. The van der Waals surface area contributed by atoms with Crippen molar-refractivity contribution < 1.29 is 17.8 Å². The lowest BCUT2D eigenvalue weighted by Gasteiger charge is -2.22. The molecule has 1 atom stereocenters. The summed E-state index contributed by atoms with van der Waals surface area (Å²) in [7, 11) is -3.97. The van der Waals surface area contributed by atoms with Crippen molar-refractivity contribution in [2.45, 2.75) is 30.7 Å². The molecule has 7 nitrogen and oxygen atoms in total. The largest absolute Gasteiger partial charge is 0.465 e. The molecular weight excluding hydrogens is 320 g/mol. The molecule has 1 aromatic carbocycles. The van der Waals surface area contributed by atoms with Crippen LogP contribution in [-0.4, -0.2) is 24.2 Å². The van der Waals surface area contributed by atoms with Crippen molar-refractivity contribution >= 4 is 15.7 Å². The summed E-state index contributed by atoms with van der Waals surface area (Å²) in [6, 6.07) is 8.53. The molecule has 3 rings (SSSR count). The fourth-order valence-corrected chi connectivity index (χ4v) is 4.72. The molecular formula is C15H16N2O5S. The van der Waals surface area contributed by atoms with Crippen LogP contribution >= 0.6 is 0 Å². The molecule has 8 heteroatoms. The third-order valence-corrected chi connectivity index (χ3v) is 5.90. The highest BCUT2D eigenvalue weighted by Gasteiger charge is 2.40. The second-order valence-electron chi connectivity index (χ2n) is 5.45. The third-order valence-electron chi connectivity index (χ3n) is 3.94. The number of nitro benzene ring substituents is 1. The molecule has 1 fully saturated rings. The molecule has 122 valence electrons. The van der Waals surface area contributed by atoms with Crippen LogP contribution in [0.15, 0.2) is 45.7 Å². The van der Waals surface area contributed by atoms with Crippen LogP contribution < -0.4 is 0 Å². The molecule has 1 aliphatic heterocycles. The van der Waals surface area contributed by atoms with Gasteiger partial charge in [-0.15, -0.1) is 0 Å². The highest BCUT2D eigenvalue weighted by Crippen LogP contribution is 2.39. The van der Waals surface area contributed by atoms with Gasteiger partial charge in [0.05, 0.1) is 11.0 Å². The maximum atomic E-state index is 12.9. The van der Waals surface area contributed by atoms with E-state index in [1.807, 2.05) is 0 Å². The summed E-state index contributed by atoms with van der Waals surface area (Å²) in [5.74, 6) is 1.28. The van der Waals surface area contributed by atoms with E-state index < -0.39 is 26.7 Å². The zero-order chi connectivity index (χ0) is 16.6. The lowest BCUT2D eigenvalue weighted by molar-refractivity contribution is -0.387. The average molecular weight is 336 g/mol. The average Bonchev–Trinajstić information content (AvgIpc) is 3.15. The van der Waals surface area contributed by atoms with Gasteiger partial charge in [0, 0.05) is 12.6 Å². The third kappa shape index (κ3) is 2.75. The van der Waals surface area contributed by atoms with Crippen molar-refractivity contribution in [3.63, 3.8) is 0 Å². The maximum absolute atomic E-state index is 12.9. The van der Waals surface area contributed by atoms with Gasteiger partial charge in [0.25, 0.3) is 15.7 Å². The standard InChI is InChI=1S/C15H16N2O5S/c1-11-8-9-14(22-11)12-6-4-10-16(12)23(20,21)15-7-3-2-5-13(15)17(18)19/h2-3,5,7-9,12H,4,6,10H2,1H3/t12-/m1/s1. The minimum atomic E-state index is -3.97. The minimum Gasteiger partial charge on any atom is -0.465 e. The van der Waals surface area contributed by atoms with Gasteiger partial charge in [0.15, 0.2) is 4.90 Å². The molecule has 2 heterocycles. The summed E-state index contributed by atoms with van der Waals surface area (Å²) in [5.41, 5.74) is -0.409. The van der Waals surface area contributed by atoms with Crippen LogP contribution in [0.3, 0.4) is 0 Å². The molecule has 0 aliphatic carbocycles. The molecule has 1 aliphatic rings. The number of furan rings is 1. The monoisotopic (exact) mass is 336 g/mol. The van der Waals surface area contributed by atoms with Gasteiger partial charge in [-0.05, 0) is 38.0 Å². The number of para-hydroxylation sites is 1. The van der Waals surface area contributed by atoms with Crippen LogP contribution in [0.2, 0.25) is 0 Å². The molecule has 0 unspecified atom stereocenters. The van der Waals surface area contributed by atoms with Crippen molar-refractivity contribution in [1.82, 2.24) is 4.31 Å². The minimum absolute atomic E-state index is 0.278. The van der Waals surface area contributed by atoms with Gasteiger partial charge < -0.3 is 4.42 Å². The lowest BCUT2D eigenvalue weighted by Crippen LogP contribution is -2.31. The fourth-order valence-electron chi connectivity index (χ4n) is 2.90. The Hall–Kier alpha value is -2.19. The zero-order valence-electron chi connectivity index (χ0n) is 12.5. The van der Waals surface area contributed by atoms with E-state index >= 15 is 0 Å². The smallest absolute Gasteiger partial charge is 0.289 e. The summed E-state index contributed by atoms with van der Waals surface area (Å²) in [6.07, 6.45) is 1.32. The van der Waals surface area contributed by atoms with Crippen LogP contribution in [0.1, 0.15) is 30.4 Å². The van der Waals surface area contributed by atoms with Crippen molar-refractivity contribution in [2.75, 3.05) is 6.54 Å². The molecule has 1 saturated heterocycles. The Morgan fingerprint density at radius 3 is 2.65 bits per heavy atom. The topological polar surface area (TPSA) is 93.7 Å². The number of nitro groups is 1. The number of sulfonamides is 1. The van der Waals surface area contributed by atoms with E-state index in [1.54, 1.807) is 19.1 Å². The first kappa shape index (κ1) is 15.7. The van der Waals surface area contributed by atoms with Gasteiger partial charge in [-0.1, -0.05) is 12.1 Å². The first-order valence-corrected chi connectivity index (χ1v) is 8.67. The molecule has 0 N–H and O–H groups in total. The summed E-state index contributed by atoms with van der Waals surface area (Å²) < 4.78 is 32.7. The summed E-state index contributed by atoms with van der Waals surface area (Å²) in [6.45, 7) is 2.11. The van der Waals surface area contributed by atoms with Crippen LogP contribution in [-0.2, 0) is 10.0 Å². The summed E-state index contributed by atoms with van der Waals surface area (Å²) in [5, 5.41) is 11.1. The van der Waals surface area contributed by atoms with Crippen LogP contribution in [0.4, 0.5) is 5.69 Å². The Morgan fingerprint density at radius 2 is 2.00 bits per heavy atom. The van der Waals surface area contributed by atoms with E-state index in [9.17, 15) is 18.5 Å². The van der Waals surface area contributed by atoms with Gasteiger partial charge in [0.1, 0.15) is 11.5 Å². The van der Waals surface area contributed by atoms with E-state index in [1.165, 1.54) is 28.6 Å². The Balaban J connectivity index is 2.04. The Morgan fingerprint density at radius 1 is 1.26 bits per heavy atom. The van der Waals surface area contributed by atoms with Crippen molar-refractivity contribution in [1.29, 1.82) is 0 Å². The number of nitrogens with zero attached hydrogens (tertiary/aromatic N) is 2. The molecule has 0 radical (unpaired) electrons. The number of aryl methyl sites for hydroxylation is 1. The number of hydrogen-bond donors (Lipinski definition) is 0. The van der Waals surface area contributed by atoms with Crippen molar-refractivity contribution in [3.05, 3.63) is 58.0 Å². The molecule has 23 heavy (non-hydrogen) atoms. The van der Waals surface area contributed by atoms with E-state index in [0.29, 0.717) is 30.9 Å². The zero-order valence-corrected chi connectivity index (χ0v) is 13.3. The first-order chi connectivity index (χ1) is 10.9. The van der Waals surface area contributed by atoms with Gasteiger partial charge in [-0.3, -0.25) is 10.1 Å². The van der Waals surface area contributed by atoms with Gasteiger partial charge in [0.2, 0.25) is 0 Å². The quantitative estimate of drug-likeness (QED) is 0.632. The molecule has 0 bridgehead atoms. The van der Waals surface area contributed by atoms with Crippen molar-refractivity contribution in [2.24, 2.45) is 0 Å². The molecule has 0 amide bonds. The molecule has 1 aromatic heterocycles.